The Morgan fingerprint density at radius 1 is 0.528 bits per heavy atom. The molecule has 10 nitrogen and oxygen atoms in total. The van der Waals surface area contributed by atoms with Crippen molar-refractivity contribution >= 4 is 24.2 Å². The summed E-state index contributed by atoms with van der Waals surface area (Å²) in [6, 6.07) is 25.6. The van der Waals surface area contributed by atoms with Gasteiger partial charge in [-0.2, -0.15) is 0 Å². The molecule has 0 unspecified atom stereocenters. The van der Waals surface area contributed by atoms with Crippen molar-refractivity contribution in [2.45, 2.75) is 33.1 Å². The van der Waals surface area contributed by atoms with E-state index in [1.165, 1.54) is 13.8 Å². The van der Waals surface area contributed by atoms with Crippen molar-refractivity contribution in [2.24, 2.45) is 0 Å². The number of carbonyl (C=O) groups excluding carboxylic acids is 4. The van der Waals surface area contributed by atoms with E-state index in [1.54, 1.807) is 48.5 Å². The zero-order valence-corrected chi connectivity index (χ0v) is 29.5. The second kappa shape index (κ2) is 16.3. The minimum Gasteiger partial charge on any atom is -0.424 e. The summed E-state index contributed by atoms with van der Waals surface area (Å²) in [6.45, 7) is 13.0. The maximum Gasteiger partial charge on any atom is 0.516 e. The predicted octanol–water partition coefficient (Wildman–Crippen LogP) is 7.98. The van der Waals surface area contributed by atoms with Crippen LogP contribution in [0.1, 0.15) is 61.1 Å². The molecule has 0 amide bonds. The summed E-state index contributed by atoms with van der Waals surface area (Å²) in [5.74, 6) is 11.9. The van der Waals surface area contributed by atoms with Gasteiger partial charge in [-0.15, -0.1) is 0 Å². The fraction of sp³-hybridized carbons (Fsp3) is 0.163. The highest BCUT2D eigenvalue weighted by Gasteiger charge is 2.35. The van der Waals surface area contributed by atoms with Crippen LogP contribution in [0.25, 0.3) is 11.1 Å². The third-order valence-electron chi connectivity index (χ3n) is 7.92. The molecule has 0 aliphatic heterocycles. The number of ether oxygens (including phenoxy) is 6. The third-order valence-corrected chi connectivity index (χ3v) is 7.92. The largest absolute Gasteiger partial charge is 0.516 e. The fourth-order valence-electron chi connectivity index (χ4n) is 5.15. The summed E-state index contributed by atoms with van der Waals surface area (Å²) in [6.07, 6.45) is -2.02. The van der Waals surface area contributed by atoms with Crippen LogP contribution < -0.4 is 9.47 Å². The van der Waals surface area contributed by atoms with E-state index in [9.17, 15) is 19.2 Å². The van der Waals surface area contributed by atoms with Crippen LogP contribution in [0.2, 0.25) is 0 Å². The molecule has 0 bridgehead atoms. The van der Waals surface area contributed by atoms with Gasteiger partial charge in [0.2, 0.25) is 13.6 Å². The van der Waals surface area contributed by atoms with E-state index < -0.39 is 37.8 Å². The molecule has 266 valence electrons. The highest BCUT2D eigenvalue weighted by atomic mass is 16.8. The molecule has 1 aliphatic rings. The maximum absolute atomic E-state index is 11.9. The lowest BCUT2D eigenvalue weighted by molar-refractivity contribution is -0.148. The number of hydrogen-bond donors (Lipinski definition) is 0. The van der Waals surface area contributed by atoms with Gasteiger partial charge >= 0.3 is 24.2 Å². The summed E-state index contributed by atoms with van der Waals surface area (Å²) in [7, 11) is 0. The van der Waals surface area contributed by atoms with Crippen molar-refractivity contribution < 1.29 is 47.6 Å². The van der Waals surface area contributed by atoms with Crippen LogP contribution in [0.5, 0.6) is 11.5 Å². The molecule has 0 N–H and O–H groups in total. The second-order valence-corrected chi connectivity index (χ2v) is 12.3. The van der Waals surface area contributed by atoms with Crippen LogP contribution in [0.3, 0.4) is 0 Å². The van der Waals surface area contributed by atoms with Gasteiger partial charge in [-0.25, -0.2) is 19.2 Å². The minimum absolute atomic E-state index is 0.186. The first-order valence-corrected chi connectivity index (χ1v) is 16.2. The van der Waals surface area contributed by atoms with Gasteiger partial charge in [0.15, 0.2) is 0 Å². The number of esters is 2. The van der Waals surface area contributed by atoms with E-state index in [4.69, 9.17) is 28.4 Å². The van der Waals surface area contributed by atoms with E-state index in [-0.39, 0.29) is 28.1 Å². The summed E-state index contributed by atoms with van der Waals surface area (Å²) in [4.78, 5) is 46.5. The highest BCUT2D eigenvalue weighted by Crippen LogP contribution is 2.49. The molecule has 1 aliphatic carbocycles. The molecule has 4 aromatic rings. The van der Waals surface area contributed by atoms with Crippen LogP contribution in [0.4, 0.5) is 9.59 Å². The van der Waals surface area contributed by atoms with E-state index in [0.29, 0.717) is 0 Å². The molecule has 0 saturated carbocycles. The molecule has 4 aromatic carbocycles. The normalized spacial score (nSPS) is 11.5. The summed E-state index contributed by atoms with van der Waals surface area (Å²) in [5, 5.41) is 0. The summed E-state index contributed by atoms with van der Waals surface area (Å²) >= 11 is 0. The molecule has 0 saturated heterocycles. The zero-order chi connectivity index (χ0) is 38.1. The van der Waals surface area contributed by atoms with Crippen molar-refractivity contribution in [3.05, 3.63) is 143 Å². The SMILES string of the molecule is C=C(C)C(=O)OCOC(=O)Oc1ccc(C#Cc2ccc3c(c2)C(C)(C)c2cc(C#Cc4ccc(OC(=O)OCOC(=O)C(=C)C)cc4)ccc2-3)cc1. The van der Waals surface area contributed by atoms with Crippen LogP contribution in [-0.4, -0.2) is 37.8 Å². The van der Waals surface area contributed by atoms with Gasteiger partial charge in [0.1, 0.15) is 11.5 Å². The minimum atomic E-state index is -1.01. The number of hydrogen-bond acceptors (Lipinski definition) is 10. The summed E-state index contributed by atoms with van der Waals surface area (Å²) in [5.41, 5.74) is 7.81. The molecule has 0 heterocycles. The maximum atomic E-state index is 11.9. The second-order valence-electron chi connectivity index (χ2n) is 12.3. The number of carbonyl (C=O) groups is 4. The number of rotatable bonds is 8. The molecule has 0 atom stereocenters. The monoisotopic (exact) mass is 710 g/mol. The number of benzene rings is 4. The highest BCUT2D eigenvalue weighted by molar-refractivity contribution is 5.87. The smallest absolute Gasteiger partial charge is 0.424 e. The zero-order valence-electron chi connectivity index (χ0n) is 29.5. The fourth-order valence-corrected chi connectivity index (χ4v) is 5.15. The third kappa shape index (κ3) is 9.60. The molecule has 0 fully saturated rings. The van der Waals surface area contributed by atoms with Crippen LogP contribution >= 0.6 is 0 Å². The van der Waals surface area contributed by atoms with Crippen LogP contribution in [0.15, 0.2) is 109 Å². The molecule has 0 radical (unpaired) electrons. The van der Waals surface area contributed by atoms with Crippen molar-refractivity contribution in [3.63, 3.8) is 0 Å². The molecule has 0 spiro atoms. The average molecular weight is 711 g/mol. The Kier molecular flexibility index (Phi) is 11.5. The first-order valence-electron chi connectivity index (χ1n) is 16.2. The van der Waals surface area contributed by atoms with Gasteiger partial charge in [-0.05, 0) is 109 Å². The first kappa shape index (κ1) is 37.2. The van der Waals surface area contributed by atoms with Gasteiger partial charge in [0.05, 0.1) is 0 Å². The Labute approximate surface area is 306 Å². The lowest BCUT2D eigenvalue weighted by Gasteiger charge is -2.21. The predicted molar refractivity (Wildman–Crippen MR) is 195 cm³/mol. The van der Waals surface area contributed by atoms with E-state index in [2.05, 4.69) is 75.0 Å². The molecule has 0 aromatic heterocycles. The molecule has 10 heteroatoms. The quantitative estimate of drug-likeness (QED) is 0.0585. The topological polar surface area (TPSA) is 124 Å². The number of fused-ring (bicyclic) bond motifs is 3. The van der Waals surface area contributed by atoms with Gasteiger partial charge in [-0.1, -0.05) is 62.8 Å². The lowest BCUT2D eigenvalue weighted by Crippen LogP contribution is -2.15. The Morgan fingerprint density at radius 3 is 1.23 bits per heavy atom. The van der Waals surface area contributed by atoms with Gasteiger partial charge in [-0.3, -0.25) is 0 Å². The van der Waals surface area contributed by atoms with Gasteiger partial charge < -0.3 is 28.4 Å². The van der Waals surface area contributed by atoms with Crippen molar-refractivity contribution in [3.8, 4) is 46.3 Å². The van der Waals surface area contributed by atoms with Gasteiger partial charge in [0.25, 0.3) is 0 Å². The molecular weight excluding hydrogens is 676 g/mol. The standard InChI is InChI=1S/C43H34O10/c1-27(2)39(44)48-25-50-41(46)52-33-17-11-29(12-18-33)7-9-31-15-21-35-36-22-16-32(24-38(36)43(5,6)37(35)23-31)10-8-30-13-19-34(20-14-30)53-42(47)51-26-49-40(45)28(3)4/h11-24H,1,3,25-26H2,2,4-6H3. The Balaban J connectivity index is 1.19. The average Bonchev–Trinajstić information content (AvgIpc) is 3.35. The Morgan fingerprint density at radius 2 is 0.868 bits per heavy atom. The van der Waals surface area contributed by atoms with E-state index >= 15 is 0 Å². The van der Waals surface area contributed by atoms with Crippen molar-refractivity contribution in [1.29, 1.82) is 0 Å². The molecular formula is C43H34O10. The first-order chi connectivity index (χ1) is 25.3. The van der Waals surface area contributed by atoms with E-state index in [0.717, 1.165) is 44.5 Å². The van der Waals surface area contributed by atoms with E-state index in [1.807, 2.05) is 12.1 Å². The lowest BCUT2D eigenvalue weighted by atomic mass is 9.81. The Bertz CT molecular complexity index is 2080. The van der Waals surface area contributed by atoms with Crippen molar-refractivity contribution in [2.75, 3.05) is 13.6 Å². The summed E-state index contributed by atoms with van der Waals surface area (Å²) < 4.78 is 29.1. The van der Waals surface area contributed by atoms with Crippen molar-refractivity contribution in [1.82, 2.24) is 0 Å². The van der Waals surface area contributed by atoms with Crippen LogP contribution in [-0.2, 0) is 34.0 Å². The van der Waals surface area contributed by atoms with Crippen LogP contribution in [0, 0.1) is 23.7 Å². The Hall–Kier alpha value is -7.04. The molecule has 5 rings (SSSR count). The van der Waals surface area contributed by atoms with Gasteiger partial charge in [0, 0.05) is 38.8 Å². The molecule has 53 heavy (non-hydrogen) atoms.